The SMILES string of the molecule is CN(CC(=O)NCC(F)(F)F)C(=O)CCCCCl. The molecule has 0 bridgehead atoms. The third-order valence-corrected chi connectivity index (χ3v) is 2.33. The largest absolute Gasteiger partial charge is 0.405 e. The fraction of sp³-hybridized carbons (Fsp3) is 0.800. The van der Waals surface area contributed by atoms with Gasteiger partial charge < -0.3 is 10.2 Å². The number of hydrogen-bond acceptors (Lipinski definition) is 2. The first-order valence-corrected chi connectivity index (χ1v) is 5.93. The number of likely N-dealkylation sites (N-methyl/N-ethyl adjacent to an activating group) is 1. The minimum absolute atomic E-state index is 0.232. The average Bonchev–Trinajstić information content (AvgIpc) is 2.25. The van der Waals surface area contributed by atoms with Gasteiger partial charge in [0.1, 0.15) is 6.54 Å². The Balaban J connectivity index is 3.88. The van der Waals surface area contributed by atoms with Crippen LogP contribution >= 0.6 is 11.6 Å². The van der Waals surface area contributed by atoms with Crippen molar-refractivity contribution in [3.8, 4) is 0 Å². The molecule has 0 heterocycles. The Labute approximate surface area is 108 Å². The summed E-state index contributed by atoms with van der Waals surface area (Å²) in [4.78, 5) is 23.6. The lowest BCUT2D eigenvalue weighted by Gasteiger charge is -2.17. The number of unbranched alkanes of at least 4 members (excludes halogenated alkanes) is 1. The monoisotopic (exact) mass is 288 g/mol. The molecule has 0 aromatic heterocycles. The number of hydrogen-bond donors (Lipinski definition) is 1. The van der Waals surface area contributed by atoms with Gasteiger partial charge in [-0.3, -0.25) is 9.59 Å². The lowest BCUT2D eigenvalue weighted by atomic mass is 10.2. The number of halogens is 4. The summed E-state index contributed by atoms with van der Waals surface area (Å²) in [5.74, 6) is -0.675. The zero-order valence-electron chi connectivity index (χ0n) is 10.0. The molecule has 0 spiro atoms. The first-order chi connectivity index (χ1) is 8.26. The summed E-state index contributed by atoms with van der Waals surface area (Å²) in [5, 5.41) is 1.70. The quantitative estimate of drug-likeness (QED) is 0.570. The molecule has 0 aromatic carbocycles. The van der Waals surface area contributed by atoms with E-state index in [1.54, 1.807) is 5.32 Å². The highest BCUT2D eigenvalue weighted by molar-refractivity contribution is 6.17. The standard InChI is InChI=1S/C10H16ClF3N2O2/c1-16(9(18)4-2-3-5-11)6-8(17)15-7-10(12,13)14/h2-7H2,1H3,(H,15,17). The van der Waals surface area contributed by atoms with Crippen LogP contribution in [0.25, 0.3) is 0 Å². The van der Waals surface area contributed by atoms with Crippen molar-refractivity contribution in [3.05, 3.63) is 0 Å². The highest BCUT2D eigenvalue weighted by Crippen LogP contribution is 2.12. The Morgan fingerprint density at radius 3 is 2.39 bits per heavy atom. The van der Waals surface area contributed by atoms with Gasteiger partial charge in [-0.1, -0.05) is 0 Å². The van der Waals surface area contributed by atoms with E-state index < -0.39 is 18.6 Å². The smallest absolute Gasteiger partial charge is 0.345 e. The van der Waals surface area contributed by atoms with E-state index in [1.165, 1.54) is 7.05 Å². The maximum absolute atomic E-state index is 11.8. The van der Waals surface area contributed by atoms with E-state index in [4.69, 9.17) is 11.6 Å². The summed E-state index contributed by atoms with van der Waals surface area (Å²) in [7, 11) is 1.37. The Kier molecular flexibility index (Phi) is 7.73. The molecular weight excluding hydrogens is 273 g/mol. The lowest BCUT2D eigenvalue weighted by molar-refractivity contribution is -0.141. The van der Waals surface area contributed by atoms with Crippen molar-refractivity contribution in [1.82, 2.24) is 10.2 Å². The molecule has 8 heteroatoms. The Morgan fingerprint density at radius 1 is 1.28 bits per heavy atom. The summed E-state index contributed by atoms with van der Waals surface area (Å²) < 4.78 is 35.4. The molecule has 0 unspecified atom stereocenters. The summed E-state index contributed by atoms with van der Waals surface area (Å²) in [5.41, 5.74) is 0. The summed E-state index contributed by atoms with van der Waals surface area (Å²) >= 11 is 5.44. The van der Waals surface area contributed by atoms with Crippen LogP contribution in [0.15, 0.2) is 0 Å². The number of alkyl halides is 4. The second-order valence-corrected chi connectivity index (χ2v) is 4.17. The van der Waals surface area contributed by atoms with Crippen LogP contribution < -0.4 is 5.32 Å². The van der Waals surface area contributed by atoms with Crippen LogP contribution in [0.4, 0.5) is 13.2 Å². The number of rotatable bonds is 7. The predicted octanol–water partition coefficient (Wildman–Crippen LogP) is 1.53. The number of carbonyl (C=O) groups excluding carboxylic acids is 2. The average molecular weight is 289 g/mol. The molecule has 1 N–H and O–H groups in total. The Hall–Kier alpha value is -0.980. The maximum atomic E-state index is 11.8. The molecule has 0 aliphatic carbocycles. The van der Waals surface area contributed by atoms with E-state index in [0.717, 1.165) is 4.90 Å². The van der Waals surface area contributed by atoms with Gasteiger partial charge in [0.15, 0.2) is 0 Å². The first-order valence-electron chi connectivity index (χ1n) is 5.39. The van der Waals surface area contributed by atoms with Gasteiger partial charge in [0.2, 0.25) is 11.8 Å². The maximum Gasteiger partial charge on any atom is 0.405 e. The molecule has 0 fully saturated rings. The molecule has 0 aromatic rings. The molecule has 0 aliphatic rings. The highest BCUT2D eigenvalue weighted by Gasteiger charge is 2.27. The topological polar surface area (TPSA) is 49.4 Å². The number of nitrogens with zero attached hydrogens (tertiary/aromatic N) is 1. The van der Waals surface area contributed by atoms with Gasteiger partial charge in [0.05, 0.1) is 6.54 Å². The van der Waals surface area contributed by atoms with Crippen molar-refractivity contribution in [2.75, 3.05) is 26.0 Å². The zero-order valence-corrected chi connectivity index (χ0v) is 10.8. The van der Waals surface area contributed by atoms with Crippen LogP contribution in [0.1, 0.15) is 19.3 Å². The molecule has 0 radical (unpaired) electrons. The molecule has 4 nitrogen and oxygen atoms in total. The van der Waals surface area contributed by atoms with Crippen molar-refractivity contribution in [1.29, 1.82) is 0 Å². The van der Waals surface area contributed by atoms with Crippen molar-refractivity contribution >= 4 is 23.4 Å². The zero-order chi connectivity index (χ0) is 14.2. The van der Waals surface area contributed by atoms with Crippen molar-refractivity contribution in [2.24, 2.45) is 0 Å². The molecular formula is C10H16ClF3N2O2. The highest BCUT2D eigenvalue weighted by atomic mass is 35.5. The number of nitrogens with one attached hydrogen (secondary N) is 1. The molecule has 0 saturated carbocycles. The summed E-state index contributed by atoms with van der Waals surface area (Å²) in [6.07, 6.45) is -2.94. The normalized spacial score (nSPS) is 11.2. The van der Waals surface area contributed by atoms with Crippen molar-refractivity contribution in [3.63, 3.8) is 0 Å². The molecule has 2 amide bonds. The van der Waals surface area contributed by atoms with Crippen LogP contribution in [0.2, 0.25) is 0 Å². The Morgan fingerprint density at radius 2 is 1.89 bits per heavy atom. The van der Waals surface area contributed by atoms with Gasteiger partial charge >= 0.3 is 6.18 Å². The predicted molar refractivity (Wildman–Crippen MR) is 61.3 cm³/mol. The number of carbonyl (C=O) groups is 2. The van der Waals surface area contributed by atoms with E-state index in [-0.39, 0.29) is 18.9 Å². The van der Waals surface area contributed by atoms with Gasteiger partial charge in [-0.25, -0.2) is 0 Å². The van der Waals surface area contributed by atoms with E-state index in [0.29, 0.717) is 18.7 Å². The van der Waals surface area contributed by atoms with Crippen LogP contribution in [-0.2, 0) is 9.59 Å². The first kappa shape index (κ1) is 17.0. The van der Waals surface area contributed by atoms with E-state index in [2.05, 4.69) is 0 Å². The molecule has 0 saturated heterocycles. The van der Waals surface area contributed by atoms with E-state index in [1.807, 2.05) is 0 Å². The molecule has 18 heavy (non-hydrogen) atoms. The van der Waals surface area contributed by atoms with Crippen LogP contribution in [0, 0.1) is 0 Å². The third kappa shape index (κ3) is 9.09. The van der Waals surface area contributed by atoms with Crippen molar-refractivity contribution in [2.45, 2.75) is 25.4 Å². The van der Waals surface area contributed by atoms with Gasteiger partial charge in [-0.2, -0.15) is 13.2 Å². The van der Waals surface area contributed by atoms with Gasteiger partial charge in [-0.05, 0) is 12.8 Å². The number of amides is 2. The minimum atomic E-state index is -4.45. The molecule has 0 rings (SSSR count). The van der Waals surface area contributed by atoms with Gasteiger partial charge in [-0.15, -0.1) is 11.6 Å². The van der Waals surface area contributed by atoms with Gasteiger partial charge in [0, 0.05) is 19.3 Å². The second-order valence-electron chi connectivity index (χ2n) is 3.79. The van der Waals surface area contributed by atoms with Gasteiger partial charge in [0.25, 0.3) is 0 Å². The van der Waals surface area contributed by atoms with Crippen LogP contribution in [0.5, 0.6) is 0 Å². The fourth-order valence-corrected chi connectivity index (χ4v) is 1.31. The van der Waals surface area contributed by atoms with Crippen molar-refractivity contribution < 1.29 is 22.8 Å². The summed E-state index contributed by atoms with van der Waals surface area (Å²) in [6, 6.07) is 0. The molecule has 0 aliphatic heterocycles. The summed E-state index contributed by atoms with van der Waals surface area (Å²) in [6.45, 7) is -1.77. The minimum Gasteiger partial charge on any atom is -0.345 e. The van der Waals surface area contributed by atoms with Crippen LogP contribution in [-0.4, -0.2) is 48.9 Å². The lowest BCUT2D eigenvalue weighted by Crippen LogP contribution is -2.41. The van der Waals surface area contributed by atoms with Crippen LogP contribution in [0.3, 0.4) is 0 Å². The Bertz CT molecular complexity index is 285. The fourth-order valence-electron chi connectivity index (χ4n) is 1.12. The van der Waals surface area contributed by atoms with E-state index in [9.17, 15) is 22.8 Å². The molecule has 0 atom stereocenters. The van der Waals surface area contributed by atoms with E-state index >= 15 is 0 Å². The third-order valence-electron chi connectivity index (χ3n) is 2.07. The molecule has 106 valence electrons. The second kappa shape index (κ2) is 8.18.